The zero-order valence-corrected chi connectivity index (χ0v) is 16.7. The lowest BCUT2D eigenvalue weighted by atomic mass is 9.96. The molecule has 1 saturated heterocycles. The number of rotatable bonds is 5. The normalized spacial score (nSPS) is 17.9. The number of halogens is 1. The lowest BCUT2D eigenvalue weighted by molar-refractivity contribution is 0.196. The third-order valence-corrected chi connectivity index (χ3v) is 5.07. The van der Waals surface area contributed by atoms with Crippen molar-refractivity contribution < 1.29 is 9.53 Å². The standard InChI is InChI=1S/C21H25ClN4O2/c1-28-19-10-8-18(9-11-19)24-21(27)25-20(23)16-3-2-12-26(14-16)13-15-4-6-17(22)7-5-15/h4-11,16H,2-3,12-14H2,1H3,(H3,23,24,25,27). The van der Waals surface area contributed by atoms with E-state index in [9.17, 15) is 4.79 Å². The van der Waals surface area contributed by atoms with Crippen LogP contribution in [0, 0.1) is 5.92 Å². The number of nitrogens with two attached hydrogens (primary N) is 1. The summed E-state index contributed by atoms with van der Waals surface area (Å²) in [6, 6.07) is 14.5. The predicted molar refractivity (Wildman–Crippen MR) is 113 cm³/mol. The molecule has 0 radical (unpaired) electrons. The molecular weight excluding hydrogens is 376 g/mol. The van der Waals surface area contributed by atoms with Crippen molar-refractivity contribution in [1.82, 2.24) is 4.90 Å². The van der Waals surface area contributed by atoms with Crippen LogP contribution in [0.15, 0.2) is 53.5 Å². The van der Waals surface area contributed by atoms with Crippen molar-refractivity contribution in [3.05, 3.63) is 59.1 Å². The molecule has 3 rings (SSSR count). The minimum absolute atomic E-state index is 0.0719. The van der Waals surface area contributed by atoms with Crippen LogP contribution in [-0.4, -0.2) is 37.0 Å². The van der Waals surface area contributed by atoms with Gasteiger partial charge in [-0.3, -0.25) is 4.90 Å². The van der Waals surface area contributed by atoms with E-state index in [4.69, 9.17) is 22.1 Å². The molecule has 1 heterocycles. The summed E-state index contributed by atoms with van der Waals surface area (Å²) in [5, 5.41) is 3.47. The Morgan fingerprint density at radius 1 is 1.25 bits per heavy atom. The van der Waals surface area contributed by atoms with Gasteiger partial charge in [-0.25, -0.2) is 4.79 Å². The number of nitrogens with one attached hydrogen (secondary N) is 1. The van der Waals surface area contributed by atoms with Crippen molar-refractivity contribution in [1.29, 1.82) is 0 Å². The number of benzene rings is 2. The Kier molecular flexibility index (Phi) is 6.90. The Morgan fingerprint density at radius 2 is 1.96 bits per heavy atom. The number of amides is 2. The lowest BCUT2D eigenvalue weighted by Crippen LogP contribution is -2.41. The Balaban J connectivity index is 1.56. The van der Waals surface area contributed by atoms with Gasteiger partial charge in [-0.05, 0) is 61.3 Å². The van der Waals surface area contributed by atoms with Crippen molar-refractivity contribution in [2.45, 2.75) is 19.4 Å². The molecule has 0 aromatic heterocycles. The van der Waals surface area contributed by atoms with Gasteiger partial charge < -0.3 is 15.8 Å². The number of amidine groups is 1. The highest BCUT2D eigenvalue weighted by atomic mass is 35.5. The van der Waals surface area contributed by atoms with Gasteiger partial charge in [-0.1, -0.05) is 23.7 Å². The number of nitrogens with zero attached hydrogens (tertiary/aromatic N) is 2. The molecule has 1 atom stereocenters. The molecule has 1 aliphatic rings. The highest BCUT2D eigenvalue weighted by Gasteiger charge is 2.23. The highest BCUT2D eigenvalue weighted by Crippen LogP contribution is 2.20. The van der Waals surface area contributed by atoms with Gasteiger partial charge in [-0.15, -0.1) is 0 Å². The van der Waals surface area contributed by atoms with Gasteiger partial charge in [0.25, 0.3) is 0 Å². The summed E-state index contributed by atoms with van der Waals surface area (Å²) >= 11 is 5.95. The summed E-state index contributed by atoms with van der Waals surface area (Å²) in [5.41, 5.74) is 8.00. The van der Waals surface area contributed by atoms with E-state index in [1.807, 2.05) is 24.3 Å². The predicted octanol–water partition coefficient (Wildman–Crippen LogP) is 4.15. The SMILES string of the molecule is COc1ccc(NC(=O)/N=C(\N)C2CCCN(Cc3ccc(Cl)cc3)C2)cc1. The van der Waals surface area contributed by atoms with Gasteiger partial charge >= 0.3 is 6.03 Å². The maximum absolute atomic E-state index is 12.2. The maximum Gasteiger partial charge on any atom is 0.347 e. The number of piperidine rings is 1. The van der Waals surface area contributed by atoms with Gasteiger partial charge in [0.1, 0.15) is 11.6 Å². The first-order valence-electron chi connectivity index (χ1n) is 9.29. The van der Waals surface area contributed by atoms with Crippen molar-refractivity contribution in [2.24, 2.45) is 16.6 Å². The molecule has 7 heteroatoms. The summed E-state index contributed by atoms with van der Waals surface area (Å²) in [5.74, 6) is 1.18. The molecule has 2 aromatic carbocycles. The number of carbonyl (C=O) groups is 1. The van der Waals surface area contributed by atoms with E-state index >= 15 is 0 Å². The summed E-state index contributed by atoms with van der Waals surface area (Å²) < 4.78 is 5.11. The van der Waals surface area contributed by atoms with Crippen molar-refractivity contribution >= 4 is 29.2 Å². The lowest BCUT2D eigenvalue weighted by Gasteiger charge is -2.32. The Bertz CT molecular complexity index is 821. The van der Waals surface area contributed by atoms with Crippen LogP contribution in [0.3, 0.4) is 0 Å². The van der Waals surface area contributed by atoms with Gasteiger partial charge in [0, 0.05) is 29.7 Å². The molecular formula is C21H25ClN4O2. The third kappa shape index (κ3) is 5.71. The highest BCUT2D eigenvalue weighted by molar-refractivity contribution is 6.30. The molecule has 148 valence electrons. The zero-order valence-electron chi connectivity index (χ0n) is 15.9. The second-order valence-electron chi connectivity index (χ2n) is 6.90. The first-order chi connectivity index (χ1) is 13.5. The van der Waals surface area contributed by atoms with E-state index in [2.05, 4.69) is 15.2 Å². The number of aliphatic imine (C=N–C) groups is 1. The van der Waals surface area contributed by atoms with Crippen LogP contribution in [0.2, 0.25) is 5.02 Å². The number of methoxy groups -OCH3 is 1. The molecule has 2 aromatic rings. The van der Waals surface area contributed by atoms with E-state index in [1.54, 1.807) is 31.4 Å². The van der Waals surface area contributed by atoms with Gasteiger partial charge in [0.2, 0.25) is 0 Å². The van der Waals surface area contributed by atoms with Crippen molar-refractivity contribution in [2.75, 3.05) is 25.5 Å². The van der Waals surface area contributed by atoms with Crippen LogP contribution < -0.4 is 15.8 Å². The Morgan fingerprint density at radius 3 is 2.64 bits per heavy atom. The smallest absolute Gasteiger partial charge is 0.347 e. The van der Waals surface area contributed by atoms with Crippen LogP contribution in [-0.2, 0) is 6.54 Å². The zero-order chi connectivity index (χ0) is 19.9. The largest absolute Gasteiger partial charge is 0.497 e. The van der Waals surface area contributed by atoms with E-state index < -0.39 is 6.03 Å². The van der Waals surface area contributed by atoms with Crippen LogP contribution in [0.1, 0.15) is 18.4 Å². The quantitative estimate of drug-likeness (QED) is 0.583. The fourth-order valence-electron chi connectivity index (χ4n) is 3.32. The fourth-order valence-corrected chi connectivity index (χ4v) is 3.45. The number of carbonyl (C=O) groups excluding carboxylic acids is 1. The minimum Gasteiger partial charge on any atom is -0.497 e. The molecule has 28 heavy (non-hydrogen) atoms. The number of ether oxygens (including phenoxy) is 1. The number of likely N-dealkylation sites (tertiary alicyclic amines) is 1. The topological polar surface area (TPSA) is 79.9 Å². The monoisotopic (exact) mass is 400 g/mol. The molecule has 0 saturated carbocycles. The molecule has 1 aliphatic heterocycles. The second kappa shape index (κ2) is 9.57. The minimum atomic E-state index is -0.461. The number of urea groups is 1. The molecule has 0 aliphatic carbocycles. The number of anilines is 1. The van der Waals surface area contributed by atoms with Gasteiger partial charge in [0.15, 0.2) is 0 Å². The molecule has 1 fully saturated rings. The molecule has 6 nitrogen and oxygen atoms in total. The van der Waals surface area contributed by atoms with Crippen LogP contribution in [0.5, 0.6) is 5.75 Å². The average molecular weight is 401 g/mol. The first kappa shape index (κ1) is 20.2. The van der Waals surface area contributed by atoms with Crippen LogP contribution >= 0.6 is 11.6 Å². The molecule has 2 amide bonds. The summed E-state index contributed by atoms with van der Waals surface area (Å²) in [6.45, 7) is 2.62. The van der Waals surface area contributed by atoms with Gasteiger partial charge in [-0.2, -0.15) is 4.99 Å². The second-order valence-corrected chi connectivity index (χ2v) is 7.33. The van der Waals surface area contributed by atoms with Gasteiger partial charge in [0.05, 0.1) is 7.11 Å². The van der Waals surface area contributed by atoms with Crippen molar-refractivity contribution in [3.63, 3.8) is 0 Å². The van der Waals surface area contributed by atoms with E-state index in [0.717, 1.165) is 43.2 Å². The molecule has 0 spiro atoms. The first-order valence-corrected chi connectivity index (χ1v) is 9.67. The molecule has 1 unspecified atom stereocenters. The summed E-state index contributed by atoms with van der Waals surface area (Å²) in [4.78, 5) is 18.6. The Labute approximate surface area is 170 Å². The van der Waals surface area contributed by atoms with E-state index in [1.165, 1.54) is 5.56 Å². The van der Waals surface area contributed by atoms with E-state index in [-0.39, 0.29) is 5.92 Å². The number of hydrogen-bond donors (Lipinski definition) is 2. The third-order valence-electron chi connectivity index (χ3n) is 4.82. The molecule has 3 N–H and O–H groups in total. The fraction of sp³-hybridized carbons (Fsp3) is 0.333. The Hall–Kier alpha value is -2.57. The summed E-state index contributed by atoms with van der Waals surface area (Å²) in [6.07, 6.45) is 1.96. The average Bonchev–Trinajstić information content (AvgIpc) is 2.70. The van der Waals surface area contributed by atoms with Crippen LogP contribution in [0.25, 0.3) is 0 Å². The van der Waals surface area contributed by atoms with E-state index in [0.29, 0.717) is 11.5 Å². The molecule has 0 bridgehead atoms. The maximum atomic E-state index is 12.2. The number of hydrogen-bond acceptors (Lipinski definition) is 3. The summed E-state index contributed by atoms with van der Waals surface area (Å²) in [7, 11) is 1.60. The van der Waals surface area contributed by atoms with Crippen molar-refractivity contribution in [3.8, 4) is 5.75 Å². The van der Waals surface area contributed by atoms with Crippen LogP contribution in [0.4, 0.5) is 10.5 Å².